The Morgan fingerprint density at radius 2 is 1.59 bits per heavy atom. The van der Waals surface area contributed by atoms with E-state index >= 15 is 0 Å². The Morgan fingerprint density at radius 1 is 0.955 bits per heavy atom. The lowest BCUT2D eigenvalue weighted by molar-refractivity contribution is 0.129. The van der Waals surface area contributed by atoms with Gasteiger partial charge in [-0.25, -0.2) is 0 Å². The zero-order valence-electron chi connectivity index (χ0n) is 15.0. The second-order valence-electron chi connectivity index (χ2n) is 5.40. The molecule has 0 spiro atoms. The fourth-order valence-electron chi connectivity index (χ4n) is 1.86. The summed E-state index contributed by atoms with van der Waals surface area (Å²) in [4.78, 5) is 6.58. The van der Waals surface area contributed by atoms with Crippen molar-refractivity contribution in [2.75, 3.05) is 53.5 Å². The van der Waals surface area contributed by atoms with Gasteiger partial charge in [-0.1, -0.05) is 26.7 Å². The smallest absolute Gasteiger partial charge is 0.191 e. The van der Waals surface area contributed by atoms with Gasteiger partial charge in [0.1, 0.15) is 0 Å². The Labute approximate surface area is 154 Å². The van der Waals surface area contributed by atoms with Gasteiger partial charge in [0.25, 0.3) is 0 Å². The van der Waals surface area contributed by atoms with Crippen molar-refractivity contribution in [1.82, 2.24) is 15.5 Å². The molecule has 0 amide bonds. The summed E-state index contributed by atoms with van der Waals surface area (Å²) in [6, 6.07) is 0. The highest BCUT2D eigenvalue weighted by atomic mass is 127. The first-order chi connectivity index (χ1) is 10.2. The molecule has 134 valence electrons. The van der Waals surface area contributed by atoms with E-state index in [1.165, 1.54) is 25.8 Å². The third-order valence-corrected chi connectivity index (χ3v) is 3.30. The summed E-state index contributed by atoms with van der Waals surface area (Å²) in [6.45, 7) is 10.1. The predicted molar refractivity (Wildman–Crippen MR) is 108 cm³/mol. The number of halogens is 1. The van der Waals surface area contributed by atoms with Crippen LogP contribution >= 0.6 is 24.0 Å². The van der Waals surface area contributed by atoms with E-state index in [1.54, 1.807) is 0 Å². The molecule has 0 rings (SSSR count). The maximum atomic E-state index is 5.53. The van der Waals surface area contributed by atoms with Crippen molar-refractivity contribution in [1.29, 1.82) is 0 Å². The molecule has 0 aliphatic heterocycles. The van der Waals surface area contributed by atoms with E-state index in [0.29, 0.717) is 0 Å². The van der Waals surface area contributed by atoms with E-state index in [2.05, 4.69) is 41.4 Å². The molecule has 6 heteroatoms. The van der Waals surface area contributed by atoms with Gasteiger partial charge in [-0.3, -0.25) is 4.99 Å². The lowest BCUT2D eigenvalue weighted by Crippen LogP contribution is -2.41. The van der Waals surface area contributed by atoms with Crippen LogP contribution in [-0.4, -0.2) is 64.3 Å². The van der Waals surface area contributed by atoms with Crippen LogP contribution in [0.3, 0.4) is 0 Å². The molecule has 2 N–H and O–H groups in total. The summed E-state index contributed by atoms with van der Waals surface area (Å²) in [5.41, 5.74) is 0. The number of likely N-dealkylation sites (N-methyl/N-ethyl adjacent to an activating group) is 1. The SMILES string of the molecule is CCCCOCCCNC(=NC)NCCN(C)CCCC.I. The highest BCUT2D eigenvalue weighted by molar-refractivity contribution is 14.0. The Balaban J connectivity index is 0. The van der Waals surface area contributed by atoms with E-state index in [-0.39, 0.29) is 24.0 Å². The number of unbranched alkanes of at least 4 members (excludes halogenated alkanes) is 2. The standard InChI is InChI=1S/C16H36N4O.HI/c1-5-7-12-20(4)13-11-19-16(17-3)18-10-9-15-21-14-8-6-2;/h5-15H2,1-4H3,(H2,17,18,19);1H. The van der Waals surface area contributed by atoms with Gasteiger partial charge in [0.05, 0.1) is 0 Å². The van der Waals surface area contributed by atoms with Gasteiger partial charge in [0.15, 0.2) is 5.96 Å². The van der Waals surface area contributed by atoms with Crippen molar-refractivity contribution in [2.24, 2.45) is 4.99 Å². The summed E-state index contributed by atoms with van der Waals surface area (Å²) >= 11 is 0. The molecule has 0 saturated carbocycles. The molecule has 5 nitrogen and oxygen atoms in total. The molecule has 0 radical (unpaired) electrons. The fourth-order valence-corrected chi connectivity index (χ4v) is 1.86. The normalized spacial score (nSPS) is 11.4. The fraction of sp³-hybridized carbons (Fsp3) is 0.938. The van der Waals surface area contributed by atoms with Gasteiger partial charge in [-0.2, -0.15) is 0 Å². The van der Waals surface area contributed by atoms with E-state index in [9.17, 15) is 0 Å². The van der Waals surface area contributed by atoms with Crippen LogP contribution in [-0.2, 0) is 4.74 Å². The largest absolute Gasteiger partial charge is 0.381 e. The molecule has 0 heterocycles. The lowest BCUT2D eigenvalue weighted by atomic mass is 10.3. The second kappa shape index (κ2) is 19.0. The molecule has 22 heavy (non-hydrogen) atoms. The number of rotatable bonds is 13. The van der Waals surface area contributed by atoms with Crippen LogP contribution in [0, 0.1) is 0 Å². The van der Waals surface area contributed by atoms with E-state index in [4.69, 9.17) is 4.74 Å². The summed E-state index contributed by atoms with van der Waals surface area (Å²) in [7, 11) is 3.98. The number of nitrogens with one attached hydrogen (secondary N) is 2. The van der Waals surface area contributed by atoms with Gasteiger partial charge in [0.2, 0.25) is 0 Å². The highest BCUT2D eigenvalue weighted by Crippen LogP contribution is 1.90. The van der Waals surface area contributed by atoms with Crippen molar-refractivity contribution in [3.8, 4) is 0 Å². The molecule has 0 unspecified atom stereocenters. The van der Waals surface area contributed by atoms with E-state index in [0.717, 1.165) is 51.6 Å². The molecule has 0 saturated heterocycles. The van der Waals surface area contributed by atoms with Crippen LogP contribution < -0.4 is 10.6 Å². The minimum atomic E-state index is 0. The lowest BCUT2D eigenvalue weighted by Gasteiger charge is -2.18. The van der Waals surface area contributed by atoms with E-state index in [1.807, 2.05) is 7.05 Å². The highest BCUT2D eigenvalue weighted by Gasteiger charge is 1.99. The third kappa shape index (κ3) is 16.3. The first-order valence-electron chi connectivity index (χ1n) is 8.45. The van der Waals surface area contributed by atoms with Gasteiger partial charge < -0.3 is 20.3 Å². The Bertz CT molecular complexity index is 252. The maximum absolute atomic E-state index is 5.53. The first-order valence-corrected chi connectivity index (χ1v) is 8.45. The summed E-state index contributed by atoms with van der Waals surface area (Å²) in [5, 5.41) is 6.66. The zero-order chi connectivity index (χ0) is 15.8. The molecule has 0 aromatic rings. The predicted octanol–water partition coefficient (Wildman–Crippen LogP) is 2.71. The number of hydrogen-bond donors (Lipinski definition) is 2. The minimum absolute atomic E-state index is 0. The Morgan fingerprint density at radius 3 is 2.23 bits per heavy atom. The second-order valence-corrected chi connectivity index (χ2v) is 5.40. The molecule has 0 fully saturated rings. The number of hydrogen-bond acceptors (Lipinski definition) is 3. The van der Waals surface area contributed by atoms with Crippen molar-refractivity contribution in [3.05, 3.63) is 0 Å². The molecule has 0 aromatic carbocycles. The first kappa shape index (κ1) is 24.2. The van der Waals surface area contributed by atoms with Crippen LogP contribution in [0.1, 0.15) is 46.0 Å². The van der Waals surface area contributed by atoms with Crippen molar-refractivity contribution in [3.63, 3.8) is 0 Å². The quantitative estimate of drug-likeness (QED) is 0.205. The van der Waals surface area contributed by atoms with Gasteiger partial charge in [-0.15, -0.1) is 24.0 Å². The third-order valence-electron chi connectivity index (χ3n) is 3.30. The molecular weight excluding hydrogens is 391 g/mol. The molecule has 0 aliphatic rings. The average molecular weight is 428 g/mol. The monoisotopic (exact) mass is 428 g/mol. The van der Waals surface area contributed by atoms with Crippen molar-refractivity contribution < 1.29 is 4.74 Å². The molecule has 0 aliphatic carbocycles. The Kier molecular flexibility index (Phi) is 20.8. The van der Waals surface area contributed by atoms with Gasteiger partial charge in [-0.05, 0) is 32.9 Å². The van der Waals surface area contributed by atoms with Crippen LogP contribution in [0.4, 0.5) is 0 Å². The summed E-state index contributed by atoms with van der Waals surface area (Å²) < 4.78 is 5.53. The van der Waals surface area contributed by atoms with Crippen molar-refractivity contribution in [2.45, 2.75) is 46.0 Å². The molecular formula is C16H37IN4O. The van der Waals surface area contributed by atoms with Crippen molar-refractivity contribution >= 4 is 29.9 Å². The van der Waals surface area contributed by atoms with Gasteiger partial charge in [0, 0.05) is 39.9 Å². The number of ether oxygens (including phenoxy) is 1. The maximum Gasteiger partial charge on any atom is 0.191 e. The minimum Gasteiger partial charge on any atom is -0.381 e. The number of guanidine groups is 1. The average Bonchev–Trinajstić information content (AvgIpc) is 2.50. The zero-order valence-corrected chi connectivity index (χ0v) is 17.3. The van der Waals surface area contributed by atoms with Crippen LogP contribution in [0.5, 0.6) is 0 Å². The molecule has 0 aromatic heterocycles. The summed E-state index contributed by atoms with van der Waals surface area (Å²) in [6.07, 6.45) is 5.88. The topological polar surface area (TPSA) is 48.9 Å². The Hall–Kier alpha value is -0.0800. The van der Waals surface area contributed by atoms with Crippen LogP contribution in [0.25, 0.3) is 0 Å². The number of aliphatic imine (C=N–C) groups is 1. The van der Waals surface area contributed by atoms with E-state index < -0.39 is 0 Å². The molecule has 0 bridgehead atoms. The number of nitrogens with zero attached hydrogens (tertiary/aromatic N) is 2. The molecule has 0 atom stereocenters. The summed E-state index contributed by atoms with van der Waals surface area (Å²) in [5.74, 6) is 0.882. The van der Waals surface area contributed by atoms with Gasteiger partial charge >= 0.3 is 0 Å². The van der Waals surface area contributed by atoms with Crippen LogP contribution in [0.2, 0.25) is 0 Å². The van der Waals surface area contributed by atoms with Crippen LogP contribution in [0.15, 0.2) is 4.99 Å².